The molecule has 1 N–H and O–H groups in total. The number of allylic oxidation sites excluding steroid dienone is 1. The third kappa shape index (κ3) is 6.42. The number of aryl methyl sites for hydroxylation is 1. The third-order valence-corrected chi connectivity index (χ3v) is 8.07. The fourth-order valence-corrected chi connectivity index (χ4v) is 6.18. The summed E-state index contributed by atoms with van der Waals surface area (Å²) in [6.45, 7) is 9.26. The van der Waals surface area contributed by atoms with Crippen molar-refractivity contribution in [3.8, 4) is 17.1 Å². The minimum absolute atomic E-state index is 0.129. The van der Waals surface area contributed by atoms with E-state index in [1.165, 1.54) is 23.1 Å². The zero-order valence-electron chi connectivity index (χ0n) is 21.2. The van der Waals surface area contributed by atoms with Crippen molar-refractivity contribution in [1.82, 2.24) is 14.8 Å². The van der Waals surface area contributed by atoms with Crippen molar-refractivity contribution in [2.45, 2.75) is 57.7 Å². The first-order valence-corrected chi connectivity index (χ1v) is 14.4. The maximum atomic E-state index is 12.9. The van der Waals surface area contributed by atoms with Gasteiger partial charge >= 0.3 is 5.97 Å². The van der Waals surface area contributed by atoms with Crippen LogP contribution in [0.25, 0.3) is 11.4 Å². The van der Waals surface area contributed by atoms with E-state index in [2.05, 4.69) is 29.0 Å². The lowest BCUT2D eigenvalue weighted by molar-refractivity contribution is -0.113. The fraction of sp³-hybridized carbons (Fsp3) is 0.407. The predicted molar refractivity (Wildman–Crippen MR) is 148 cm³/mol. The van der Waals surface area contributed by atoms with Crippen LogP contribution in [-0.2, 0) is 28.9 Å². The molecule has 0 spiro atoms. The van der Waals surface area contributed by atoms with Crippen LogP contribution < -0.4 is 10.1 Å². The molecule has 2 heterocycles. The number of rotatable bonds is 13. The Morgan fingerprint density at radius 3 is 2.76 bits per heavy atom. The molecule has 196 valence electrons. The number of ether oxygens (including phenoxy) is 2. The van der Waals surface area contributed by atoms with Crippen LogP contribution in [0.2, 0.25) is 0 Å². The van der Waals surface area contributed by atoms with Gasteiger partial charge in [-0.15, -0.1) is 28.1 Å². The Kier molecular flexibility index (Phi) is 9.40. The van der Waals surface area contributed by atoms with Crippen LogP contribution in [0.15, 0.2) is 42.1 Å². The number of carbonyl (C=O) groups is 2. The molecule has 0 atom stereocenters. The first-order valence-electron chi connectivity index (χ1n) is 12.6. The Bertz CT molecular complexity index is 1250. The van der Waals surface area contributed by atoms with E-state index >= 15 is 0 Å². The summed E-state index contributed by atoms with van der Waals surface area (Å²) in [6, 6.07) is 7.77. The van der Waals surface area contributed by atoms with E-state index in [0.29, 0.717) is 41.3 Å². The minimum atomic E-state index is -0.373. The lowest BCUT2D eigenvalue weighted by Gasteiger charge is -2.10. The van der Waals surface area contributed by atoms with Crippen LogP contribution in [-0.4, -0.2) is 45.6 Å². The molecule has 0 aliphatic heterocycles. The van der Waals surface area contributed by atoms with Gasteiger partial charge in [0.05, 0.1) is 24.5 Å². The summed E-state index contributed by atoms with van der Waals surface area (Å²) in [4.78, 5) is 26.6. The van der Waals surface area contributed by atoms with Gasteiger partial charge < -0.3 is 14.8 Å². The van der Waals surface area contributed by atoms with Crippen molar-refractivity contribution in [3.63, 3.8) is 0 Å². The van der Waals surface area contributed by atoms with Crippen molar-refractivity contribution in [3.05, 3.63) is 52.9 Å². The molecule has 1 aromatic carbocycles. The van der Waals surface area contributed by atoms with E-state index in [9.17, 15) is 9.59 Å². The summed E-state index contributed by atoms with van der Waals surface area (Å²) >= 11 is 2.77. The average molecular weight is 541 g/mol. The molecular weight excluding hydrogens is 508 g/mol. The van der Waals surface area contributed by atoms with Gasteiger partial charge in [-0.3, -0.25) is 9.36 Å². The quantitative estimate of drug-likeness (QED) is 0.127. The molecule has 1 amide bonds. The number of fused-ring (bicyclic) bond motifs is 1. The number of nitrogens with zero attached hydrogens (tertiary/aromatic N) is 3. The smallest absolute Gasteiger partial charge is 0.341 e. The topological polar surface area (TPSA) is 95.3 Å². The molecule has 1 aliphatic rings. The highest BCUT2D eigenvalue weighted by Crippen LogP contribution is 2.39. The van der Waals surface area contributed by atoms with E-state index in [4.69, 9.17) is 9.47 Å². The number of esters is 1. The van der Waals surface area contributed by atoms with Crippen molar-refractivity contribution in [2.75, 3.05) is 24.3 Å². The zero-order chi connectivity index (χ0) is 26.2. The molecule has 0 bridgehead atoms. The average Bonchev–Trinajstić information content (AvgIpc) is 3.59. The number of hydrogen-bond acceptors (Lipinski definition) is 8. The van der Waals surface area contributed by atoms with Crippen molar-refractivity contribution in [1.29, 1.82) is 0 Å². The summed E-state index contributed by atoms with van der Waals surface area (Å²) in [6.07, 6.45) is 6.66. The van der Waals surface area contributed by atoms with Gasteiger partial charge in [0.15, 0.2) is 11.0 Å². The minimum Gasteiger partial charge on any atom is -0.494 e. The van der Waals surface area contributed by atoms with E-state index in [-0.39, 0.29) is 17.6 Å². The summed E-state index contributed by atoms with van der Waals surface area (Å²) in [5.74, 6) is 1.06. The van der Waals surface area contributed by atoms with Gasteiger partial charge in [-0.05, 0) is 62.4 Å². The summed E-state index contributed by atoms with van der Waals surface area (Å²) in [5.41, 5.74) is 2.43. The van der Waals surface area contributed by atoms with Crippen LogP contribution in [0.5, 0.6) is 5.75 Å². The van der Waals surface area contributed by atoms with Crippen LogP contribution in [0.1, 0.15) is 53.9 Å². The Hall–Kier alpha value is -3.11. The maximum Gasteiger partial charge on any atom is 0.341 e. The number of aromatic nitrogens is 3. The van der Waals surface area contributed by atoms with Gasteiger partial charge in [0.25, 0.3) is 0 Å². The first-order chi connectivity index (χ1) is 18.0. The number of nitrogens with one attached hydrogen (secondary N) is 1. The van der Waals surface area contributed by atoms with Crippen LogP contribution in [0.3, 0.4) is 0 Å². The second-order valence-corrected chi connectivity index (χ2v) is 10.6. The number of amides is 1. The highest BCUT2D eigenvalue weighted by Gasteiger charge is 2.28. The second-order valence-electron chi connectivity index (χ2n) is 8.55. The zero-order valence-corrected chi connectivity index (χ0v) is 22.9. The highest BCUT2D eigenvalue weighted by atomic mass is 32.2. The number of hydrogen-bond donors (Lipinski definition) is 1. The largest absolute Gasteiger partial charge is 0.494 e. The van der Waals surface area contributed by atoms with E-state index in [0.717, 1.165) is 53.9 Å². The Labute approximate surface area is 225 Å². The highest BCUT2D eigenvalue weighted by molar-refractivity contribution is 7.99. The van der Waals surface area contributed by atoms with Gasteiger partial charge in [0, 0.05) is 17.0 Å². The van der Waals surface area contributed by atoms with Gasteiger partial charge in [0.2, 0.25) is 5.91 Å². The molecule has 4 rings (SSSR count). The normalized spacial score (nSPS) is 12.3. The number of benzene rings is 1. The standard InChI is InChI=1S/C27H32N4O4S2/c1-4-7-16-35-19-13-11-18(12-14-19)24-29-30-27(31(24)15-5-2)36-17-22(32)28-25-23(26(33)34-6-3)20-9-8-10-21(20)37-25/h5,11-14H,2,4,6-10,15-17H2,1,3H3,(H,28,32). The molecule has 0 unspecified atom stereocenters. The summed E-state index contributed by atoms with van der Waals surface area (Å²) in [7, 11) is 0. The van der Waals surface area contributed by atoms with Crippen molar-refractivity contribution in [2.24, 2.45) is 0 Å². The van der Waals surface area contributed by atoms with Crippen molar-refractivity contribution < 1.29 is 19.1 Å². The molecule has 2 aromatic heterocycles. The van der Waals surface area contributed by atoms with Crippen molar-refractivity contribution >= 4 is 40.0 Å². The van der Waals surface area contributed by atoms with Gasteiger partial charge in [-0.1, -0.05) is 31.2 Å². The fourth-order valence-electron chi connectivity index (χ4n) is 4.14. The Morgan fingerprint density at radius 1 is 1.22 bits per heavy atom. The van der Waals surface area contributed by atoms with Crippen LogP contribution in [0, 0.1) is 0 Å². The number of thioether (sulfide) groups is 1. The molecule has 10 heteroatoms. The monoisotopic (exact) mass is 540 g/mol. The predicted octanol–water partition coefficient (Wildman–Crippen LogP) is 5.77. The molecule has 3 aromatic rings. The molecule has 0 fully saturated rings. The van der Waals surface area contributed by atoms with Crippen LogP contribution >= 0.6 is 23.1 Å². The maximum absolute atomic E-state index is 12.9. The molecule has 0 radical (unpaired) electrons. The molecular formula is C27H32N4O4S2. The van der Waals surface area contributed by atoms with Gasteiger partial charge in [0.1, 0.15) is 10.8 Å². The Morgan fingerprint density at radius 2 is 2.03 bits per heavy atom. The van der Waals surface area contributed by atoms with Gasteiger partial charge in [-0.25, -0.2) is 4.79 Å². The van der Waals surface area contributed by atoms with E-state index in [1.54, 1.807) is 13.0 Å². The second kappa shape index (κ2) is 12.9. The van der Waals surface area contributed by atoms with E-state index < -0.39 is 0 Å². The molecule has 0 saturated carbocycles. The van der Waals surface area contributed by atoms with E-state index in [1.807, 2.05) is 28.8 Å². The molecule has 0 saturated heterocycles. The van der Waals surface area contributed by atoms with Crippen LogP contribution in [0.4, 0.5) is 5.00 Å². The number of thiophene rings is 1. The summed E-state index contributed by atoms with van der Waals surface area (Å²) in [5, 5.41) is 12.8. The number of carbonyl (C=O) groups excluding carboxylic acids is 2. The summed E-state index contributed by atoms with van der Waals surface area (Å²) < 4.78 is 12.9. The first kappa shape index (κ1) is 26.9. The van der Waals surface area contributed by atoms with Gasteiger partial charge in [-0.2, -0.15) is 0 Å². The third-order valence-electron chi connectivity index (χ3n) is 5.89. The molecule has 37 heavy (non-hydrogen) atoms. The SMILES string of the molecule is C=CCn1c(SCC(=O)Nc2sc3c(c2C(=O)OCC)CCC3)nnc1-c1ccc(OCCCC)cc1. The number of unbranched alkanes of at least 4 members (excludes halogenated alkanes) is 1. The molecule has 8 nitrogen and oxygen atoms in total. The lowest BCUT2D eigenvalue weighted by Crippen LogP contribution is -2.17. The lowest BCUT2D eigenvalue weighted by atomic mass is 10.1. The molecule has 1 aliphatic carbocycles. The Balaban J connectivity index is 1.44. The number of anilines is 1.